The van der Waals surface area contributed by atoms with Gasteiger partial charge in [-0.3, -0.25) is 9.36 Å². The van der Waals surface area contributed by atoms with Gasteiger partial charge in [0.05, 0.1) is 10.9 Å². The maximum absolute atomic E-state index is 12.9. The van der Waals surface area contributed by atoms with Crippen LogP contribution in [-0.2, 0) is 17.0 Å². The van der Waals surface area contributed by atoms with Gasteiger partial charge in [-0.15, -0.1) is 0 Å². The predicted molar refractivity (Wildman–Crippen MR) is 103 cm³/mol. The Labute approximate surface area is 151 Å². The number of rotatable bonds is 7. The van der Waals surface area contributed by atoms with Gasteiger partial charge in [-0.05, 0) is 36.6 Å². The van der Waals surface area contributed by atoms with Crippen LogP contribution < -0.4 is 5.56 Å². The molecule has 0 aliphatic rings. The van der Waals surface area contributed by atoms with Crippen molar-refractivity contribution in [1.29, 1.82) is 0 Å². The molecule has 0 amide bonds. The van der Waals surface area contributed by atoms with Crippen molar-refractivity contribution in [2.75, 3.05) is 13.7 Å². The zero-order valence-electron chi connectivity index (χ0n) is 14.6. The number of aromatic nitrogens is 2. The number of aryl methyl sites for hydroxylation is 1. The summed E-state index contributed by atoms with van der Waals surface area (Å²) in [7, 11) is 1.68. The predicted octanol–water partition coefficient (Wildman–Crippen LogP) is 4.03. The molecule has 4 nitrogen and oxygen atoms in total. The minimum atomic E-state index is 0.0222. The second kappa shape index (κ2) is 8.32. The van der Waals surface area contributed by atoms with Crippen LogP contribution in [0, 0.1) is 6.92 Å². The molecule has 0 aliphatic heterocycles. The van der Waals surface area contributed by atoms with E-state index in [1.165, 1.54) is 11.1 Å². The summed E-state index contributed by atoms with van der Waals surface area (Å²) >= 11 is 1.61. The molecular formula is C20H22N2O2S. The average Bonchev–Trinajstić information content (AvgIpc) is 2.63. The van der Waals surface area contributed by atoms with Crippen molar-refractivity contribution >= 4 is 22.7 Å². The highest BCUT2D eigenvalue weighted by molar-refractivity contribution is 7.98. The Hall–Kier alpha value is -2.11. The van der Waals surface area contributed by atoms with Crippen LogP contribution in [0.3, 0.4) is 0 Å². The van der Waals surface area contributed by atoms with Gasteiger partial charge in [0, 0.05) is 26.0 Å². The fraction of sp³-hybridized carbons (Fsp3) is 0.300. The van der Waals surface area contributed by atoms with Crippen LogP contribution in [0.1, 0.15) is 17.5 Å². The number of methoxy groups -OCH3 is 1. The van der Waals surface area contributed by atoms with Gasteiger partial charge in [-0.25, -0.2) is 4.98 Å². The van der Waals surface area contributed by atoms with Crippen LogP contribution in [-0.4, -0.2) is 23.3 Å². The first-order valence-electron chi connectivity index (χ1n) is 8.36. The smallest absolute Gasteiger partial charge is 0.262 e. The highest BCUT2D eigenvalue weighted by atomic mass is 32.2. The zero-order chi connectivity index (χ0) is 17.6. The Morgan fingerprint density at radius 2 is 1.88 bits per heavy atom. The molecule has 0 spiro atoms. The molecule has 3 aromatic rings. The van der Waals surface area contributed by atoms with Gasteiger partial charge >= 0.3 is 0 Å². The summed E-state index contributed by atoms with van der Waals surface area (Å²) in [4.78, 5) is 17.6. The number of ether oxygens (including phenoxy) is 1. The molecule has 3 rings (SSSR count). The third kappa shape index (κ3) is 4.11. The number of benzene rings is 2. The van der Waals surface area contributed by atoms with Crippen molar-refractivity contribution < 1.29 is 4.74 Å². The molecule has 0 unspecified atom stereocenters. The van der Waals surface area contributed by atoms with Crippen LogP contribution in [0.25, 0.3) is 10.9 Å². The van der Waals surface area contributed by atoms with E-state index in [0.29, 0.717) is 18.5 Å². The molecule has 0 N–H and O–H groups in total. The first-order valence-corrected chi connectivity index (χ1v) is 9.35. The number of fused-ring (bicyclic) bond motifs is 1. The lowest BCUT2D eigenvalue weighted by Crippen LogP contribution is -2.24. The van der Waals surface area contributed by atoms with E-state index in [4.69, 9.17) is 9.72 Å². The Bertz CT molecular complexity index is 921. The van der Waals surface area contributed by atoms with Crippen molar-refractivity contribution in [2.45, 2.75) is 30.8 Å². The maximum Gasteiger partial charge on any atom is 0.262 e. The molecule has 0 radical (unpaired) electrons. The van der Waals surface area contributed by atoms with E-state index in [1.807, 2.05) is 36.4 Å². The van der Waals surface area contributed by atoms with Crippen molar-refractivity contribution in [3.05, 3.63) is 70.0 Å². The van der Waals surface area contributed by atoms with Crippen LogP contribution in [0.15, 0.2) is 58.5 Å². The van der Waals surface area contributed by atoms with Crippen molar-refractivity contribution in [3.8, 4) is 0 Å². The molecule has 1 aromatic heterocycles. The maximum atomic E-state index is 12.9. The Balaban J connectivity index is 1.95. The van der Waals surface area contributed by atoms with Crippen molar-refractivity contribution in [3.63, 3.8) is 0 Å². The third-order valence-corrected chi connectivity index (χ3v) is 5.20. The van der Waals surface area contributed by atoms with E-state index in [1.54, 1.807) is 23.4 Å². The van der Waals surface area contributed by atoms with E-state index in [-0.39, 0.29) is 5.56 Å². The molecule has 130 valence electrons. The second-order valence-corrected chi connectivity index (χ2v) is 6.87. The Morgan fingerprint density at radius 1 is 1.12 bits per heavy atom. The molecule has 0 atom stereocenters. The standard InChI is InChI=1S/C20H22N2O2S/c1-15-8-3-4-9-16(15)14-25-20-21-18-11-6-5-10-17(18)19(23)22(20)12-7-13-24-2/h3-6,8-11H,7,12-14H2,1-2H3. The molecular weight excluding hydrogens is 332 g/mol. The van der Waals surface area contributed by atoms with Gasteiger partial charge in [0.25, 0.3) is 5.56 Å². The molecule has 0 saturated heterocycles. The molecule has 5 heteroatoms. The minimum Gasteiger partial charge on any atom is -0.385 e. The summed E-state index contributed by atoms with van der Waals surface area (Å²) in [5.41, 5.74) is 3.29. The quantitative estimate of drug-likeness (QED) is 0.365. The van der Waals surface area contributed by atoms with E-state index >= 15 is 0 Å². The van der Waals surface area contributed by atoms with Gasteiger partial charge in [-0.2, -0.15) is 0 Å². The normalized spacial score (nSPS) is 11.1. The van der Waals surface area contributed by atoms with E-state index in [2.05, 4.69) is 19.1 Å². The van der Waals surface area contributed by atoms with Gasteiger partial charge in [0.1, 0.15) is 0 Å². The summed E-state index contributed by atoms with van der Waals surface area (Å²) in [5, 5.41) is 1.43. The zero-order valence-corrected chi connectivity index (χ0v) is 15.4. The Morgan fingerprint density at radius 3 is 2.68 bits per heavy atom. The highest BCUT2D eigenvalue weighted by Crippen LogP contribution is 2.23. The number of thioether (sulfide) groups is 1. The fourth-order valence-corrected chi connectivity index (χ4v) is 3.84. The van der Waals surface area contributed by atoms with E-state index < -0.39 is 0 Å². The van der Waals surface area contributed by atoms with Crippen LogP contribution in [0.5, 0.6) is 0 Å². The lowest BCUT2D eigenvalue weighted by molar-refractivity contribution is 0.189. The molecule has 25 heavy (non-hydrogen) atoms. The molecule has 0 aliphatic carbocycles. The summed E-state index contributed by atoms with van der Waals surface area (Å²) in [6.45, 7) is 3.34. The van der Waals surface area contributed by atoms with E-state index in [0.717, 1.165) is 22.8 Å². The molecule has 2 aromatic carbocycles. The van der Waals surface area contributed by atoms with Crippen molar-refractivity contribution in [2.24, 2.45) is 0 Å². The second-order valence-electron chi connectivity index (χ2n) is 5.93. The summed E-state index contributed by atoms with van der Waals surface area (Å²) in [6.07, 6.45) is 0.786. The highest BCUT2D eigenvalue weighted by Gasteiger charge is 2.12. The van der Waals surface area contributed by atoms with Gasteiger partial charge in [0.15, 0.2) is 5.16 Å². The number of hydrogen-bond acceptors (Lipinski definition) is 4. The number of para-hydroxylation sites is 1. The molecule has 0 bridgehead atoms. The van der Waals surface area contributed by atoms with Gasteiger partial charge in [0.2, 0.25) is 0 Å². The number of hydrogen-bond donors (Lipinski definition) is 0. The largest absolute Gasteiger partial charge is 0.385 e. The SMILES string of the molecule is COCCCn1c(SCc2ccccc2C)nc2ccccc2c1=O. The van der Waals surface area contributed by atoms with Gasteiger partial charge in [-0.1, -0.05) is 48.2 Å². The number of nitrogens with zero attached hydrogens (tertiary/aromatic N) is 2. The van der Waals surface area contributed by atoms with Crippen LogP contribution in [0.4, 0.5) is 0 Å². The third-order valence-electron chi connectivity index (χ3n) is 4.17. The van der Waals surface area contributed by atoms with E-state index in [9.17, 15) is 4.79 Å². The first kappa shape index (κ1) is 17.7. The summed E-state index contributed by atoms with van der Waals surface area (Å²) in [6, 6.07) is 15.8. The Kier molecular flexibility index (Phi) is 5.89. The first-order chi connectivity index (χ1) is 12.2. The fourth-order valence-electron chi connectivity index (χ4n) is 2.74. The average molecular weight is 354 g/mol. The minimum absolute atomic E-state index is 0.0222. The molecule has 0 saturated carbocycles. The molecule has 0 fully saturated rings. The van der Waals surface area contributed by atoms with Gasteiger partial charge < -0.3 is 4.74 Å². The summed E-state index contributed by atoms with van der Waals surface area (Å²) in [5.74, 6) is 0.793. The lowest BCUT2D eigenvalue weighted by atomic mass is 10.1. The topological polar surface area (TPSA) is 44.1 Å². The lowest BCUT2D eigenvalue weighted by Gasteiger charge is -2.13. The van der Waals surface area contributed by atoms with Crippen LogP contribution >= 0.6 is 11.8 Å². The molecule has 1 heterocycles. The van der Waals surface area contributed by atoms with Crippen LogP contribution in [0.2, 0.25) is 0 Å². The van der Waals surface area contributed by atoms with Crippen molar-refractivity contribution in [1.82, 2.24) is 9.55 Å². The summed E-state index contributed by atoms with van der Waals surface area (Å²) < 4.78 is 6.92. The monoisotopic (exact) mass is 354 g/mol.